The molecule has 17 heavy (non-hydrogen) atoms. The number of pyridine rings is 1. The number of methoxy groups -OCH3 is 1. The van der Waals surface area contributed by atoms with Gasteiger partial charge < -0.3 is 9.47 Å². The molecule has 1 heterocycles. The van der Waals surface area contributed by atoms with Crippen molar-refractivity contribution in [2.75, 3.05) is 7.11 Å². The molecule has 0 bridgehead atoms. The molecule has 0 atom stereocenters. The van der Waals surface area contributed by atoms with E-state index < -0.39 is 0 Å². The van der Waals surface area contributed by atoms with Gasteiger partial charge in [-0.05, 0) is 18.2 Å². The fraction of sp³-hybridized carbons (Fsp3) is 0.154. The average Bonchev–Trinajstić information content (AvgIpc) is 2.40. The summed E-state index contributed by atoms with van der Waals surface area (Å²) in [6.45, 7) is 0. The summed E-state index contributed by atoms with van der Waals surface area (Å²) < 4.78 is 11.0. The Morgan fingerprint density at radius 3 is 2.59 bits per heavy atom. The first-order chi connectivity index (χ1) is 8.35. The lowest BCUT2D eigenvalue weighted by Gasteiger charge is -2.10. The topological polar surface area (TPSA) is 31.4 Å². The second-order valence-electron chi connectivity index (χ2n) is 3.35. The molecule has 0 aliphatic rings. The molecule has 1 aromatic carbocycles. The maximum absolute atomic E-state index is 5.76. The molecule has 0 unspecified atom stereocenters. The van der Waals surface area contributed by atoms with Gasteiger partial charge in [-0.1, -0.05) is 34.1 Å². The third-order valence-electron chi connectivity index (χ3n) is 2.27. The van der Waals surface area contributed by atoms with Crippen LogP contribution >= 0.6 is 15.9 Å². The van der Waals surface area contributed by atoms with Gasteiger partial charge in [0.2, 0.25) is 5.88 Å². The minimum Gasteiger partial charge on any atom is -0.493 e. The predicted octanol–water partition coefficient (Wildman–Crippen LogP) is 3.78. The highest BCUT2D eigenvalue weighted by Crippen LogP contribution is 2.31. The van der Waals surface area contributed by atoms with Crippen molar-refractivity contribution in [3.05, 3.63) is 48.2 Å². The molecule has 0 saturated carbocycles. The average molecular weight is 294 g/mol. The Kier molecular flexibility index (Phi) is 3.98. The highest BCUT2D eigenvalue weighted by molar-refractivity contribution is 9.08. The van der Waals surface area contributed by atoms with Crippen molar-refractivity contribution in [2.24, 2.45) is 0 Å². The number of benzene rings is 1. The molecule has 0 fully saturated rings. The summed E-state index contributed by atoms with van der Waals surface area (Å²) in [6, 6.07) is 11.3. The highest BCUT2D eigenvalue weighted by Gasteiger charge is 2.08. The molecule has 2 rings (SSSR count). The number of aromatic nitrogens is 1. The summed E-state index contributed by atoms with van der Waals surface area (Å²) in [4.78, 5) is 4.21. The molecule has 0 saturated heterocycles. The van der Waals surface area contributed by atoms with Crippen LogP contribution in [-0.4, -0.2) is 12.1 Å². The minimum absolute atomic E-state index is 0.592. The molecule has 0 amide bonds. The lowest BCUT2D eigenvalue weighted by molar-refractivity contribution is 0.373. The van der Waals surface area contributed by atoms with Gasteiger partial charge in [0.05, 0.1) is 7.11 Å². The van der Waals surface area contributed by atoms with Crippen LogP contribution in [0.15, 0.2) is 42.6 Å². The maximum Gasteiger partial charge on any atom is 0.223 e. The standard InChI is InChI=1S/C13H12BrNO2/c1-16-11-6-2-3-7-12(11)17-13-10(9-14)5-4-8-15-13/h2-8H,9H2,1H3. The number of hydrogen-bond donors (Lipinski definition) is 0. The normalized spacial score (nSPS) is 10.0. The number of rotatable bonds is 4. The number of hydrogen-bond acceptors (Lipinski definition) is 3. The molecule has 0 radical (unpaired) electrons. The van der Waals surface area contributed by atoms with E-state index in [4.69, 9.17) is 9.47 Å². The Morgan fingerprint density at radius 2 is 1.88 bits per heavy atom. The predicted molar refractivity (Wildman–Crippen MR) is 69.9 cm³/mol. The van der Waals surface area contributed by atoms with Crippen molar-refractivity contribution >= 4 is 15.9 Å². The van der Waals surface area contributed by atoms with Gasteiger partial charge in [0.1, 0.15) is 0 Å². The first-order valence-corrected chi connectivity index (χ1v) is 6.28. The molecular formula is C13H12BrNO2. The molecule has 3 nitrogen and oxygen atoms in total. The summed E-state index contributed by atoms with van der Waals surface area (Å²) in [5, 5.41) is 0.700. The zero-order chi connectivity index (χ0) is 12.1. The number of para-hydroxylation sites is 2. The van der Waals surface area contributed by atoms with E-state index >= 15 is 0 Å². The van der Waals surface area contributed by atoms with Gasteiger partial charge in [0.15, 0.2) is 11.5 Å². The lowest BCUT2D eigenvalue weighted by atomic mass is 10.3. The van der Waals surface area contributed by atoms with Gasteiger partial charge in [0.25, 0.3) is 0 Å². The van der Waals surface area contributed by atoms with Crippen LogP contribution < -0.4 is 9.47 Å². The summed E-state index contributed by atoms with van der Waals surface area (Å²) in [5.74, 6) is 1.95. The van der Waals surface area contributed by atoms with Gasteiger partial charge in [-0.15, -0.1) is 0 Å². The van der Waals surface area contributed by atoms with Crippen LogP contribution in [0.4, 0.5) is 0 Å². The van der Waals surface area contributed by atoms with Gasteiger partial charge in [-0.25, -0.2) is 4.98 Å². The Hall–Kier alpha value is -1.55. The van der Waals surface area contributed by atoms with Gasteiger partial charge in [0, 0.05) is 17.1 Å². The molecule has 0 aliphatic heterocycles. The largest absolute Gasteiger partial charge is 0.493 e. The number of halogens is 1. The molecule has 0 aliphatic carbocycles. The summed E-state index contributed by atoms with van der Waals surface area (Å²) >= 11 is 3.41. The number of alkyl halides is 1. The fourth-order valence-electron chi connectivity index (χ4n) is 1.42. The monoisotopic (exact) mass is 293 g/mol. The summed E-state index contributed by atoms with van der Waals surface area (Å²) in [5.41, 5.74) is 0.999. The summed E-state index contributed by atoms with van der Waals surface area (Å²) in [7, 11) is 1.62. The van der Waals surface area contributed by atoms with E-state index in [0.717, 1.165) is 5.56 Å². The SMILES string of the molecule is COc1ccccc1Oc1ncccc1CBr. The smallest absolute Gasteiger partial charge is 0.223 e. The van der Waals surface area contributed by atoms with Crippen molar-refractivity contribution < 1.29 is 9.47 Å². The number of nitrogens with zero attached hydrogens (tertiary/aromatic N) is 1. The van der Waals surface area contributed by atoms with Gasteiger partial charge in [-0.2, -0.15) is 0 Å². The van der Waals surface area contributed by atoms with Crippen molar-refractivity contribution in [1.82, 2.24) is 4.98 Å². The highest BCUT2D eigenvalue weighted by atomic mass is 79.9. The quantitative estimate of drug-likeness (QED) is 0.804. The fourth-order valence-corrected chi connectivity index (χ4v) is 1.85. The minimum atomic E-state index is 0.592. The van der Waals surface area contributed by atoms with E-state index in [0.29, 0.717) is 22.7 Å². The van der Waals surface area contributed by atoms with Crippen molar-refractivity contribution in [1.29, 1.82) is 0 Å². The molecule has 0 spiro atoms. The van der Waals surface area contributed by atoms with Crippen LogP contribution in [0.25, 0.3) is 0 Å². The van der Waals surface area contributed by atoms with E-state index in [2.05, 4.69) is 20.9 Å². The van der Waals surface area contributed by atoms with Crippen LogP contribution in [-0.2, 0) is 5.33 Å². The number of ether oxygens (including phenoxy) is 2. The molecular weight excluding hydrogens is 282 g/mol. The van der Waals surface area contributed by atoms with Crippen LogP contribution in [0.3, 0.4) is 0 Å². The van der Waals surface area contributed by atoms with Gasteiger partial charge >= 0.3 is 0 Å². The lowest BCUT2D eigenvalue weighted by Crippen LogP contribution is -1.94. The van der Waals surface area contributed by atoms with E-state index in [1.54, 1.807) is 13.3 Å². The molecule has 1 aromatic heterocycles. The second kappa shape index (κ2) is 5.68. The Bertz CT molecular complexity index is 457. The zero-order valence-electron chi connectivity index (χ0n) is 9.39. The molecule has 0 N–H and O–H groups in total. The van der Waals surface area contributed by atoms with E-state index in [-0.39, 0.29) is 0 Å². The molecule has 2 aromatic rings. The van der Waals surface area contributed by atoms with E-state index in [1.165, 1.54) is 0 Å². The van der Waals surface area contributed by atoms with Crippen molar-refractivity contribution in [2.45, 2.75) is 5.33 Å². The first kappa shape index (κ1) is 11.9. The van der Waals surface area contributed by atoms with Crippen LogP contribution in [0, 0.1) is 0 Å². The Morgan fingerprint density at radius 1 is 1.12 bits per heavy atom. The van der Waals surface area contributed by atoms with E-state index in [1.807, 2.05) is 36.4 Å². The van der Waals surface area contributed by atoms with Crippen molar-refractivity contribution in [3.63, 3.8) is 0 Å². The van der Waals surface area contributed by atoms with Crippen LogP contribution in [0.5, 0.6) is 17.4 Å². The summed E-state index contributed by atoms with van der Waals surface area (Å²) in [6.07, 6.45) is 1.71. The van der Waals surface area contributed by atoms with Gasteiger partial charge in [-0.3, -0.25) is 0 Å². The Balaban J connectivity index is 2.31. The van der Waals surface area contributed by atoms with Crippen molar-refractivity contribution in [3.8, 4) is 17.4 Å². The first-order valence-electron chi connectivity index (χ1n) is 5.16. The third kappa shape index (κ3) is 2.77. The second-order valence-corrected chi connectivity index (χ2v) is 3.91. The molecule has 4 heteroatoms. The van der Waals surface area contributed by atoms with E-state index in [9.17, 15) is 0 Å². The zero-order valence-corrected chi connectivity index (χ0v) is 11.0. The van der Waals surface area contributed by atoms with Crippen LogP contribution in [0.2, 0.25) is 0 Å². The Labute approximate surface area is 109 Å². The molecule has 88 valence electrons. The third-order valence-corrected chi connectivity index (χ3v) is 2.87. The van der Waals surface area contributed by atoms with Crippen LogP contribution in [0.1, 0.15) is 5.56 Å². The maximum atomic E-state index is 5.76.